The van der Waals surface area contributed by atoms with Crippen molar-refractivity contribution in [2.24, 2.45) is 0 Å². The van der Waals surface area contributed by atoms with Gasteiger partial charge < -0.3 is 5.11 Å². The van der Waals surface area contributed by atoms with Gasteiger partial charge in [-0.15, -0.1) is 0 Å². The lowest BCUT2D eigenvalue weighted by atomic mass is 9.90. The second-order valence-corrected chi connectivity index (χ2v) is 3.65. The maximum Gasteiger partial charge on any atom is 0.335 e. The molecule has 0 amide bonds. The zero-order chi connectivity index (χ0) is 11.0. The number of hydrogen-bond acceptors (Lipinski definition) is 2. The first-order chi connectivity index (χ1) is 7.08. The zero-order valence-electron chi connectivity index (χ0n) is 8.28. The molecule has 15 heavy (non-hydrogen) atoms. The third-order valence-electron chi connectivity index (χ3n) is 2.52. The SMILES string of the molecule is CC1=CC(=O)Cc2cc(C(=O)O)ccc21. The van der Waals surface area contributed by atoms with Gasteiger partial charge in [-0.05, 0) is 41.8 Å². The molecule has 0 aliphatic heterocycles. The summed E-state index contributed by atoms with van der Waals surface area (Å²) < 4.78 is 0. The van der Waals surface area contributed by atoms with E-state index in [0.29, 0.717) is 6.42 Å². The lowest BCUT2D eigenvalue weighted by Gasteiger charge is -2.14. The van der Waals surface area contributed by atoms with Crippen LogP contribution in [-0.4, -0.2) is 16.9 Å². The van der Waals surface area contributed by atoms with Crippen molar-refractivity contribution < 1.29 is 14.7 Å². The van der Waals surface area contributed by atoms with Gasteiger partial charge in [-0.3, -0.25) is 4.79 Å². The summed E-state index contributed by atoms with van der Waals surface area (Å²) in [6, 6.07) is 4.90. The summed E-state index contributed by atoms with van der Waals surface area (Å²) in [5, 5.41) is 8.82. The number of rotatable bonds is 1. The van der Waals surface area contributed by atoms with E-state index < -0.39 is 5.97 Å². The number of carboxylic acid groups (broad SMARTS) is 1. The fraction of sp³-hybridized carbons (Fsp3) is 0.167. The maximum absolute atomic E-state index is 11.3. The van der Waals surface area contributed by atoms with Gasteiger partial charge in [-0.1, -0.05) is 6.07 Å². The molecule has 0 atom stereocenters. The van der Waals surface area contributed by atoms with Crippen molar-refractivity contribution in [3.05, 3.63) is 41.0 Å². The molecule has 1 aromatic rings. The van der Waals surface area contributed by atoms with E-state index in [-0.39, 0.29) is 11.3 Å². The van der Waals surface area contributed by atoms with Gasteiger partial charge in [0.25, 0.3) is 0 Å². The molecule has 1 aromatic carbocycles. The van der Waals surface area contributed by atoms with Crippen LogP contribution in [0.1, 0.15) is 28.4 Å². The number of benzene rings is 1. The van der Waals surface area contributed by atoms with Crippen molar-refractivity contribution in [1.82, 2.24) is 0 Å². The number of hydrogen-bond donors (Lipinski definition) is 1. The topological polar surface area (TPSA) is 54.4 Å². The third kappa shape index (κ3) is 1.68. The molecule has 0 saturated carbocycles. The van der Waals surface area contributed by atoms with Gasteiger partial charge in [-0.2, -0.15) is 0 Å². The Hall–Kier alpha value is -1.90. The molecule has 0 heterocycles. The quantitative estimate of drug-likeness (QED) is 0.756. The molecular weight excluding hydrogens is 192 g/mol. The zero-order valence-corrected chi connectivity index (χ0v) is 8.28. The minimum absolute atomic E-state index is 0.0301. The predicted molar refractivity (Wildman–Crippen MR) is 55.8 cm³/mol. The first-order valence-electron chi connectivity index (χ1n) is 4.65. The molecule has 1 N–H and O–H groups in total. The Morgan fingerprint density at radius 3 is 2.80 bits per heavy atom. The standard InChI is InChI=1S/C12H10O3/c1-7-4-10(13)6-9-5-8(12(14)15)2-3-11(7)9/h2-5H,6H2,1H3,(H,14,15). The van der Waals surface area contributed by atoms with Gasteiger partial charge in [-0.25, -0.2) is 4.79 Å². The molecule has 0 fully saturated rings. The molecule has 1 aliphatic carbocycles. The Balaban J connectivity index is 2.55. The van der Waals surface area contributed by atoms with E-state index in [9.17, 15) is 9.59 Å². The molecule has 3 heteroatoms. The van der Waals surface area contributed by atoms with Crippen molar-refractivity contribution in [2.45, 2.75) is 13.3 Å². The molecule has 0 unspecified atom stereocenters. The Labute approximate surface area is 87.0 Å². The highest BCUT2D eigenvalue weighted by Crippen LogP contribution is 2.25. The van der Waals surface area contributed by atoms with Gasteiger partial charge in [0.2, 0.25) is 0 Å². The Kier molecular flexibility index (Phi) is 2.15. The predicted octanol–water partition coefficient (Wildman–Crippen LogP) is 1.91. The lowest BCUT2D eigenvalue weighted by molar-refractivity contribution is -0.114. The largest absolute Gasteiger partial charge is 0.478 e. The van der Waals surface area contributed by atoms with Crippen molar-refractivity contribution >= 4 is 17.3 Å². The number of allylic oxidation sites excluding steroid dienone is 2. The molecule has 76 valence electrons. The van der Waals surface area contributed by atoms with Crippen LogP contribution in [0.4, 0.5) is 0 Å². The fourth-order valence-electron chi connectivity index (χ4n) is 1.82. The van der Waals surface area contributed by atoms with E-state index in [1.807, 2.05) is 6.92 Å². The molecule has 0 radical (unpaired) electrons. The van der Waals surface area contributed by atoms with Crippen molar-refractivity contribution in [3.8, 4) is 0 Å². The summed E-state index contributed by atoms with van der Waals surface area (Å²) in [5.41, 5.74) is 2.91. The van der Waals surface area contributed by atoms with Crippen LogP contribution in [0.25, 0.3) is 5.57 Å². The van der Waals surface area contributed by atoms with Gasteiger partial charge >= 0.3 is 5.97 Å². The van der Waals surface area contributed by atoms with E-state index in [0.717, 1.165) is 16.7 Å². The molecule has 1 aliphatic rings. The lowest BCUT2D eigenvalue weighted by Crippen LogP contribution is -2.09. The molecule has 0 aromatic heterocycles. The van der Waals surface area contributed by atoms with Crippen LogP contribution in [0.2, 0.25) is 0 Å². The van der Waals surface area contributed by atoms with Crippen LogP contribution in [0.15, 0.2) is 24.3 Å². The van der Waals surface area contributed by atoms with E-state index in [4.69, 9.17) is 5.11 Å². The summed E-state index contributed by atoms with van der Waals surface area (Å²) >= 11 is 0. The second kappa shape index (κ2) is 3.35. The summed E-state index contributed by atoms with van der Waals surface area (Å²) in [4.78, 5) is 22.0. The van der Waals surface area contributed by atoms with Crippen LogP contribution in [0.5, 0.6) is 0 Å². The Morgan fingerprint density at radius 2 is 2.13 bits per heavy atom. The highest BCUT2D eigenvalue weighted by Gasteiger charge is 2.16. The number of carbonyl (C=O) groups excluding carboxylic acids is 1. The van der Waals surface area contributed by atoms with Gasteiger partial charge in [0.1, 0.15) is 0 Å². The monoisotopic (exact) mass is 202 g/mol. The molecule has 3 nitrogen and oxygen atoms in total. The minimum Gasteiger partial charge on any atom is -0.478 e. The average molecular weight is 202 g/mol. The van der Waals surface area contributed by atoms with Crippen molar-refractivity contribution in [1.29, 1.82) is 0 Å². The molecule has 0 saturated heterocycles. The van der Waals surface area contributed by atoms with Crippen LogP contribution < -0.4 is 0 Å². The average Bonchev–Trinajstić information content (AvgIpc) is 2.16. The van der Waals surface area contributed by atoms with E-state index in [2.05, 4.69) is 0 Å². The van der Waals surface area contributed by atoms with Crippen molar-refractivity contribution in [2.75, 3.05) is 0 Å². The van der Waals surface area contributed by atoms with Crippen molar-refractivity contribution in [3.63, 3.8) is 0 Å². The Bertz CT molecular complexity index is 484. The van der Waals surface area contributed by atoms with Crippen LogP contribution in [0.3, 0.4) is 0 Å². The normalized spacial score (nSPS) is 14.5. The van der Waals surface area contributed by atoms with Crippen LogP contribution in [-0.2, 0) is 11.2 Å². The molecule has 0 spiro atoms. The van der Waals surface area contributed by atoms with Crippen LogP contribution in [0, 0.1) is 0 Å². The Morgan fingerprint density at radius 1 is 1.40 bits per heavy atom. The maximum atomic E-state index is 11.3. The number of carbonyl (C=O) groups is 2. The number of carboxylic acids is 1. The number of ketones is 1. The smallest absolute Gasteiger partial charge is 0.335 e. The van der Waals surface area contributed by atoms with Crippen LogP contribution >= 0.6 is 0 Å². The van der Waals surface area contributed by atoms with Gasteiger partial charge in [0, 0.05) is 6.42 Å². The summed E-state index contributed by atoms with van der Waals surface area (Å²) in [5.74, 6) is -0.931. The minimum atomic E-state index is -0.961. The molecule has 0 bridgehead atoms. The van der Waals surface area contributed by atoms with E-state index >= 15 is 0 Å². The number of aromatic carboxylic acids is 1. The highest BCUT2D eigenvalue weighted by atomic mass is 16.4. The van der Waals surface area contributed by atoms with Gasteiger partial charge in [0.15, 0.2) is 5.78 Å². The summed E-state index contributed by atoms with van der Waals surface area (Å²) in [6.45, 7) is 1.86. The number of fused-ring (bicyclic) bond motifs is 1. The summed E-state index contributed by atoms with van der Waals surface area (Å²) in [6.07, 6.45) is 1.90. The fourth-order valence-corrected chi connectivity index (χ4v) is 1.82. The second-order valence-electron chi connectivity index (χ2n) is 3.65. The first kappa shape index (κ1) is 9.65. The first-order valence-corrected chi connectivity index (χ1v) is 4.65. The molecule has 2 rings (SSSR count). The van der Waals surface area contributed by atoms with E-state index in [1.165, 1.54) is 0 Å². The highest BCUT2D eigenvalue weighted by molar-refractivity contribution is 6.02. The molecular formula is C12H10O3. The third-order valence-corrected chi connectivity index (χ3v) is 2.52. The van der Waals surface area contributed by atoms with E-state index in [1.54, 1.807) is 24.3 Å². The summed E-state index contributed by atoms with van der Waals surface area (Å²) in [7, 11) is 0. The van der Waals surface area contributed by atoms with Gasteiger partial charge in [0.05, 0.1) is 5.56 Å².